The maximum absolute atomic E-state index is 11.4. The quantitative estimate of drug-likeness (QED) is 0.702. The van der Waals surface area contributed by atoms with Gasteiger partial charge >= 0.3 is 6.09 Å². The van der Waals surface area contributed by atoms with Crippen molar-refractivity contribution in [3.8, 4) is 0 Å². The summed E-state index contributed by atoms with van der Waals surface area (Å²) >= 11 is 5.43. The van der Waals surface area contributed by atoms with Crippen LogP contribution < -0.4 is 5.32 Å². The first-order valence-corrected chi connectivity index (χ1v) is 4.63. The van der Waals surface area contributed by atoms with Crippen molar-refractivity contribution in [2.45, 2.75) is 24.8 Å². The molecule has 0 aromatic rings. The first kappa shape index (κ1) is 10.3. The summed E-state index contributed by atoms with van der Waals surface area (Å²) in [4.78, 5) is 22.3. The summed E-state index contributed by atoms with van der Waals surface area (Å²) < 4.78 is 4.43. The summed E-state index contributed by atoms with van der Waals surface area (Å²) in [6.07, 6.45) is 1.69. The molecular weight excluding hydrogens is 194 g/mol. The molecule has 74 valence electrons. The van der Waals surface area contributed by atoms with Crippen molar-refractivity contribution in [3.63, 3.8) is 0 Å². The van der Waals surface area contributed by atoms with E-state index in [4.69, 9.17) is 11.6 Å². The minimum absolute atomic E-state index is 0.0655. The molecule has 13 heavy (non-hydrogen) atoms. The minimum atomic E-state index is -0.741. The SMILES string of the molecule is COC(=O)NC1(C(=O)CCl)CCC1. The van der Waals surface area contributed by atoms with Gasteiger partial charge in [-0.2, -0.15) is 0 Å². The van der Waals surface area contributed by atoms with Crippen LogP contribution in [0.25, 0.3) is 0 Å². The van der Waals surface area contributed by atoms with Gasteiger partial charge in [0.05, 0.1) is 13.0 Å². The number of hydrogen-bond acceptors (Lipinski definition) is 3. The molecule has 1 aliphatic carbocycles. The Kier molecular flexibility index (Phi) is 3.14. The van der Waals surface area contributed by atoms with Crippen LogP contribution in [0, 0.1) is 0 Å². The van der Waals surface area contributed by atoms with E-state index in [1.54, 1.807) is 0 Å². The molecule has 0 heterocycles. The normalized spacial score (nSPS) is 18.6. The van der Waals surface area contributed by atoms with Gasteiger partial charge in [0.15, 0.2) is 5.78 Å². The molecule has 1 saturated carbocycles. The van der Waals surface area contributed by atoms with Gasteiger partial charge in [0, 0.05) is 0 Å². The number of carbonyl (C=O) groups excluding carboxylic acids is 2. The number of halogens is 1. The van der Waals surface area contributed by atoms with Crippen molar-refractivity contribution in [2.24, 2.45) is 0 Å². The molecule has 0 unspecified atom stereocenters. The third-order valence-electron chi connectivity index (χ3n) is 2.39. The number of ether oxygens (including phenoxy) is 1. The largest absolute Gasteiger partial charge is 0.453 e. The van der Waals surface area contributed by atoms with Gasteiger partial charge in [-0.05, 0) is 19.3 Å². The van der Waals surface area contributed by atoms with Crippen LogP contribution in [-0.2, 0) is 9.53 Å². The van der Waals surface area contributed by atoms with E-state index in [0.717, 1.165) is 6.42 Å². The van der Waals surface area contributed by atoms with Crippen LogP contribution in [0.1, 0.15) is 19.3 Å². The standard InChI is InChI=1S/C8H12ClNO3/c1-13-7(12)10-8(3-2-4-8)6(11)5-9/h2-5H2,1H3,(H,10,12). The van der Waals surface area contributed by atoms with Gasteiger partial charge in [-0.15, -0.1) is 11.6 Å². The fourth-order valence-corrected chi connectivity index (χ4v) is 1.63. The Balaban J connectivity index is 2.59. The van der Waals surface area contributed by atoms with E-state index >= 15 is 0 Å². The zero-order valence-corrected chi connectivity index (χ0v) is 8.19. The van der Waals surface area contributed by atoms with Gasteiger partial charge in [-0.25, -0.2) is 4.79 Å². The molecule has 0 bridgehead atoms. The van der Waals surface area contributed by atoms with Crippen LogP contribution in [0.5, 0.6) is 0 Å². The van der Waals surface area contributed by atoms with Gasteiger partial charge < -0.3 is 10.1 Å². The lowest BCUT2D eigenvalue weighted by molar-refractivity contribution is -0.125. The van der Waals surface area contributed by atoms with E-state index in [1.807, 2.05) is 0 Å². The Morgan fingerprint density at radius 3 is 2.46 bits per heavy atom. The fraction of sp³-hybridized carbons (Fsp3) is 0.750. The second-order valence-electron chi connectivity index (χ2n) is 3.11. The number of ketones is 1. The monoisotopic (exact) mass is 205 g/mol. The molecule has 0 aromatic heterocycles. The lowest BCUT2D eigenvalue weighted by atomic mass is 9.74. The van der Waals surface area contributed by atoms with Crippen molar-refractivity contribution >= 4 is 23.5 Å². The zero-order chi connectivity index (χ0) is 9.90. The second-order valence-corrected chi connectivity index (χ2v) is 3.38. The molecule has 0 spiro atoms. The number of carbonyl (C=O) groups is 2. The van der Waals surface area contributed by atoms with E-state index in [0.29, 0.717) is 12.8 Å². The summed E-state index contributed by atoms with van der Waals surface area (Å²) in [6.45, 7) is 0. The molecule has 1 N–H and O–H groups in total. The molecular formula is C8H12ClNO3. The molecule has 5 heteroatoms. The van der Waals surface area contributed by atoms with Crippen molar-refractivity contribution < 1.29 is 14.3 Å². The second kappa shape index (κ2) is 3.96. The van der Waals surface area contributed by atoms with Crippen LogP contribution in [0.4, 0.5) is 4.79 Å². The smallest absolute Gasteiger partial charge is 0.407 e. The summed E-state index contributed by atoms with van der Waals surface area (Å²) in [5, 5.41) is 2.54. The number of hydrogen-bond donors (Lipinski definition) is 1. The first-order chi connectivity index (χ1) is 6.14. The Morgan fingerprint density at radius 2 is 2.15 bits per heavy atom. The van der Waals surface area contributed by atoms with E-state index in [9.17, 15) is 9.59 Å². The van der Waals surface area contributed by atoms with Crippen LogP contribution in [0.3, 0.4) is 0 Å². The van der Waals surface area contributed by atoms with Crippen LogP contribution in [0.2, 0.25) is 0 Å². The maximum Gasteiger partial charge on any atom is 0.407 e. The summed E-state index contributed by atoms with van der Waals surface area (Å²) in [5.74, 6) is -0.199. The summed E-state index contributed by atoms with van der Waals surface area (Å²) in [5.41, 5.74) is -0.741. The third-order valence-corrected chi connectivity index (χ3v) is 2.63. The lowest BCUT2D eigenvalue weighted by Gasteiger charge is -2.39. The third kappa shape index (κ3) is 1.94. The Labute approximate surface area is 81.6 Å². The van der Waals surface area contributed by atoms with E-state index in [2.05, 4.69) is 10.1 Å². The molecule has 0 saturated heterocycles. The molecule has 1 aliphatic rings. The summed E-state index contributed by atoms with van der Waals surface area (Å²) in [7, 11) is 1.27. The van der Waals surface area contributed by atoms with Gasteiger partial charge in [-0.1, -0.05) is 0 Å². The fourth-order valence-electron chi connectivity index (χ4n) is 1.38. The molecule has 4 nitrogen and oxygen atoms in total. The lowest BCUT2D eigenvalue weighted by Crippen LogP contribution is -2.59. The van der Waals surface area contributed by atoms with Gasteiger partial charge in [-0.3, -0.25) is 4.79 Å². The highest BCUT2D eigenvalue weighted by Gasteiger charge is 2.44. The van der Waals surface area contributed by atoms with Gasteiger partial charge in [0.2, 0.25) is 0 Å². The average Bonchev–Trinajstić information content (AvgIpc) is 2.09. The summed E-state index contributed by atoms with van der Waals surface area (Å²) in [6, 6.07) is 0. The number of amides is 1. The van der Waals surface area contributed by atoms with E-state index in [1.165, 1.54) is 7.11 Å². The predicted molar refractivity (Wildman–Crippen MR) is 47.8 cm³/mol. The number of methoxy groups -OCH3 is 1. The Morgan fingerprint density at radius 1 is 1.54 bits per heavy atom. The average molecular weight is 206 g/mol. The number of alkyl carbamates (subject to hydrolysis) is 1. The molecule has 0 aliphatic heterocycles. The number of alkyl halides is 1. The first-order valence-electron chi connectivity index (χ1n) is 4.10. The molecule has 1 amide bonds. The van der Waals surface area contributed by atoms with E-state index in [-0.39, 0.29) is 11.7 Å². The number of Topliss-reactive ketones (excluding diaryl/α,β-unsaturated/α-hetero) is 1. The minimum Gasteiger partial charge on any atom is -0.453 e. The topological polar surface area (TPSA) is 55.4 Å². The molecule has 1 rings (SSSR count). The van der Waals surface area contributed by atoms with Crippen molar-refractivity contribution in [2.75, 3.05) is 13.0 Å². The zero-order valence-electron chi connectivity index (χ0n) is 7.43. The Bertz CT molecular complexity index is 225. The van der Waals surface area contributed by atoms with Crippen molar-refractivity contribution in [1.82, 2.24) is 5.32 Å². The molecule has 0 aromatic carbocycles. The van der Waals surface area contributed by atoms with Crippen LogP contribution >= 0.6 is 11.6 Å². The Hall–Kier alpha value is -0.770. The van der Waals surface area contributed by atoms with Gasteiger partial charge in [0.25, 0.3) is 0 Å². The highest BCUT2D eigenvalue weighted by Crippen LogP contribution is 2.33. The van der Waals surface area contributed by atoms with Crippen LogP contribution in [-0.4, -0.2) is 30.4 Å². The maximum atomic E-state index is 11.4. The number of rotatable bonds is 3. The van der Waals surface area contributed by atoms with Crippen molar-refractivity contribution in [3.05, 3.63) is 0 Å². The van der Waals surface area contributed by atoms with Crippen LogP contribution in [0.15, 0.2) is 0 Å². The van der Waals surface area contributed by atoms with Gasteiger partial charge in [0.1, 0.15) is 5.54 Å². The van der Waals surface area contributed by atoms with E-state index < -0.39 is 11.6 Å². The molecule has 0 radical (unpaired) electrons. The highest BCUT2D eigenvalue weighted by atomic mass is 35.5. The van der Waals surface area contributed by atoms with Crippen molar-refractivity contribution in [1.29, 1.82) is 0 Å². The highest BCUT2D eigenvalue weighted by molar-refractivity contribution is 6.29. The predicted octanol–water partition coefficient (Wildman–Crippen LogP) is 1.07. The molecule has 0 atom stereocenters. The number of nitrogens with one attached hydrogen (secondary N) is 1. The molecule has 1 fully saturated rings.